The van der Waals surface area contributed by atoms with E-state index in [0.717, 1.165) is 48.6 Å². The standard InChI is InChI=1S/C29H28ClN7O3/c1-16-6-8-17(9-7-16)15-37-23-22(19-12-20(30)14-31-13-19)32-26(27-35-29(38)40-36-27)33-25(23)34-28(37)24-21-5-3-2-4-18(21)10-11-39-24/h2-5,12-14,16-17,24H,6-11,15H2,1H3,(H,35,36,38). The Morgan fingerprint density at radius 2 is 1.95 bits per heavy atom. The highest BCUT2D eigenvalue weighted by Gasteiger charge is 2.32. The smallest absolute Gasteiger partial charge is 0.365 e. The summed E-state index contributed by atoms with van der Waals surface area (Å²) in [6.45, 7) is 3.70. The van der Waals surface area contributed by atoms with Crippen LogP contribution in [0, 0.1) is 11.8 Å². The third-order valence-corrected chi connectivity index (χ3v) is 8.27. The van der Waals surface area contributed by atoms with E-state index in [1.165, 1.54) is 18.4 Å². The third kappa shape index (κ3) is 4.61. The van der Waals surface area contributed by atoms with Crippen LogP contribution in [-0.4, -0.2) is 41.3 Å². The normalized spacial score (nSPS) is 21.0. The Balaban J connectivity index is 1.48. The molecule has 1 saturated carbocycles. The van der Waals surface area contributed by atoms with Gasteiger partial charge in [-0.3, -0.25) is 14.5 Å². The highest BCUT2D eigenvalue weighted by Crippen LogP contribution is 2.39. The van der Waals surface area contributed by atoms with Gasteiger partial charge in [0.2, 0.25) is 11.6 Å². The molecule has 5 heterocycles. The number of H-pyrrole nitrogens is 1. The van der Waals surface area contributed by atoms with Crippen molar-refractivity contribution in [2.24, 2.45) is 11.8 Å². The van der Waals surface area contributed by atoms with Gasteiger partial charge in [0.05, 0.1) is 11.6 Å². The first kappa shape index (κ1) is 25.1. The quantitative estimate of drug-likeness (QED) is 0.305. The highest BCUT2D eigenvalue weighted by molar-refractivity contribution is 6.30. The predicted octanol–water partition coefficient (Wildman–Crippen LogP) is 5.37. The molecule has 5 aromatic rings. The zero-order chi connectivity index (χ0) is 27.2. The first-order valence-corrected chi connectivity index (χ1v) is 14.1. The number of benzene rings is 1. The molecular weight excluding hydrogens is 530 g/mol. The lowest BCUT2D eigenvalue weighted by Crippen LogP contribution is -2.24. The summed E-state index contributed by atoms with van der Waals surface area (Å²) in [6, 6.07) is 10.2. The van der Waals surface area contributed by atoms with E-state index in [1.807, 2.05) is 12.1 Å². The van der Waals surface area contributed by atoms with E-state index in [-0.39, 0.29) is 17.8 Å². The van der Waals surface area contributed by atoms with Gasteiger partial charge in [-0.25, -0.2) is 19.7 Å². The number of imidazole rings is 1. The Hall–Kier alpha value is -3.89. The molecule has 1 atom stereocenters. The minimum absolute atomic E-state index is 0.125. The van der Waals surface area contributed by atoms with Crippen LogP contribution in [0.5, 0.6) is 0 Å². The fraction of sp³-hybridized carbons (Fsp3) is 0.379. The monoisotopic (exact) mass is 557 g/mol. The molecule has 7 rings (SSSR count). The first-order valence-electron chi connectivity index (χ1n) is 13.7. The molecule has 1 aliphatic carbocycles. The van der Waals surface area contributed by atoms with E-state index < -0.39 is 5.76 Å². The van der Waals surface area contributed by atoms with Gasteiger partial charge in [-0.05, 0) is 48.3 Å². The van der Waals surface area contributed by atoms with Crippen molar-refractivity contribution >= 4 is 22.8 Å². The molecule has 1 unspecified atom stereocenters. The number of aromatic amines is 1. The Bertz CT molecular complexity index is 1750. The van der Waals surface area contributed by atoms with Crippen LogP contribution in [0.1, 0.15) is 55.7 Å². The van der Waals surface area contributed by atoms with Crippen LogP contribution in [0.2, 0.25) is 5.02 Å². The summed E-state index contributed by atoms with van der Waals surface area (Å²) in [7, 11) is 0. The van der Waals surface area contributed by atoms with Crippen LogP contribution in [0.4, 0.5) is 0 Å². The maximum atomic E-state index is 11.7. The summed E-state index contributed by atoms with van der Waals surface area (Å²) in [6.07, 6.45) is 8.53. The van der Waals surface area contributed by atoms with E-state index in [1.54, 1.807) is 12.4 Å². The lowest BCUT2D eigenvalue weighted by atomic mass is 9.83. The Kier molecular flexibility index (Phi) is 6.44. The Labute approximate surface area is 234 Å². The minimum atomic E-state index is -0.686. The van der Waals surface area contributed by atoms with Crippen LogP contribution in [0.25, 0.3) is 34.1 Å². The maximum absolute atomic E-state index is 11.7. The van der Waals surface area contributed by atoms with Crippen LogP contribution < -0.4 is 5.76 Å². The summed E-state index contributed by atoms with van der Waals surface area (Å²) in [5, 5.41) is 4.31. The maximum Gasteiger partial charge on any atom is 0.439 e. The van der Waals surface area contributed by atoms with Gasteiger partial charge in [0.25, 0.3) is 0 Å². The largest absolute Gasteiger partial charge is 0.439 e. The number of hydrogen-bond acceptors (Lipinski definition) is 8. The molecule has 1 aliphatic heterocycles. The molecule has 0 bridgehead atoms. The number of pyridine rings is 1. The number of fused-ring (bicyclic) bond motifs is 2. The average Bonchev–Trinajstić information content (AvgIpc) is 3.57. The molecule has 0 radical (unpaired) electrons. The van der Waals surface area contributed by atoms with Crippen molar-refractivity contribution in [1.29, 1.82) is 0 Å². The second-order valence-electron chi connectivity index (χ2n) is 10.8. The van der Waals surface area contributed by atoms with Crippen molar-refractivity contribution in [1.82, 2.24) is 34.6 Å². The van der Waals surface area contributed by atoms with Gasteiger partial charge in [-0.1, -0.05) is 60.8 Å². The van der Waals surface area contributed by atoms with Crippen molar-refractivity contribution in [3.63, 3.8) is 0 Å². The van der Waals surface area contributed by atoms with Crippen LogP contribution in [0.3, 0.4) is 0 Å². The molecule has 0 saturated heterocycles. The number of nitrogens with zero attached hydrogens (tertiary/aromatic N) is 6. The van der Waals surface area contributed by atoms with Gasteiger partial charge in [0, 0.05) is 24.5 Å². The summed E-state index contributed by atoms with van der Waals surface area (Å²) < 4.78 is 13.4. The highest BCUT2D eigenvalue weighted by atomic mass is 35.5. The average molecular weight is 558 g/mol. The molecule has 1 aromatic carbocycles. The van der Waals surface area contributed by atoms with Gasteiger partial charge in [0.1, 0.15) is 23.1 Å². The van der Waals surface area contributed by atoms with Crippen molar-refractivity contribution in [2.45, 2.75) is 51.7 Å². The molecular formula is C29H28ClN7O3. The fourth-order valence-corrected chi connectivity index (χ4v) is 6.16. The second kappa shape index (κ2) is 10.3. The fourth-order valence-electron chi connectivity index (χ4n) is 5.99. The lowest BCUT2D eigenvalue weighted by molar-refractivity contribution is 0.0610. The number of hydrogen-bond donors (Lipinski definition) is 1. The van der Waals surface area contributed by atoms with Gasteiger partial charge < -0.3 is 9.30 Å². The molecule has 4 aromatic heterocycles. The first-order chi connectivity index (χ1) is 19.5. The molecule has 0 spiro atoms. The summed E-state index contributed by atoms with van der Waals surface area (Å²) in [4.78, 5) is 33.3. The molecule has 1 N–H and O–H groups in total. The lowest BCUT2D eigenvalue weighted by Gasteiger charge is -2.30. The van der Waals surface area contributed by atoms with E-state index >= 15 is 0 Å². The summed E-state index contributed by atoms with van der Waals surface area (Å²) in [5.41, 5.74) is 4.94. The van der Waals surface area contributed by atoms with E-state index in [0.29, 0.717) is 34.5 Å². The molecule has 40 heavy (non-hydrogen) atoms. The van der Waals surface area contributed by atoms with Gasteiger partial charge in [0.15, 0.2) is 5.65 Å². The van der Waals surface area contributed by atoms with Gasteiger partial charge >= 0.3 is 5.76 Å². The van der Waals surface area contributed by atoms with Gasteiger partial charge in [-0.2, -0.15) is 0 Å². The number of halogens is 1. The summed E-state index contributed by atoms with van der Waals surface area (Å²) in [5.74, 6) is 1.66. The molecule has 204 valence electrons. The number of ether oxygens (including phenoxy) is 1. The minimum Gasteiger partial charge on any atom is -0.365 e. The predicted molar refractivity (Wildman–Crippen MR) is 149 cm³/mol. The number of nitrogens with one attached hydrogen (secondary N) is 1. The third-order valence-electron chi connectivity index (χ3n) is 8.07. The summed E-state index contributed by atoms with van der Waals surface area (Å²) >= 11 is 6.38. The zero-order valence-corrected chi connectivity index (χ0v) is 22.8. The van der Waals surface area contributed by atoms with Crippen LogP contribution >= 0.6 is 11.6 Å². The van der Waals surface area contributed by atoms with Crippen molar-refractivity contribution in [2.75, 3.05) is 6.61 Å². The molecule has 0 amide bonds. The van der Waals surface area contributed by atoms with Crippen molar-refractivity contribution in [3.05, 3.63) is 75.3 Å². The Morgan fingerprint density at radius 1 is 1.10 bits per heavy atom. The molecule has 1 fully saturated rings. The number of rotatable bonds is 5. The Morgan fingerprint density at radius 3 is 2.75 bits per heavy atom. The van der Waals surface area contributed by atoms with Crippen molar-refractivity contribution < 1.29 is 9.26 Å². The zero-order valence-electron chi connectivity index (χ0n) is 22.0. The molecule has 10 nitrogen and oxygen atoms in total. The SMILES string of the molecule is CC1CCC(Cn2c(C3OCCc4ccccc43)nc3nc(-c4noc(=O)[nH]4)nc(-c4cncc(Cl)c4)c32)CC1. The van der Waals surface area contributed by atoms with E-state index in [4.69, 9.17) is 35.8 Å². The van der Waals surface area contributed by atoms with E-state index in [2.05, 4.69) is 44.8 Å². The second-order valence-corrected chi connectivity index (χ2v) is 11.2. The van der Waals surface area contributed by atoms with Crippen LogP contribution in [0.15, 0.2) is 52.0 Å². The van der Waals surface area contributed by atoms with Crippen LogP contribution in [-0.2, 0) is 17.7 Å². The number of aromatic nitrogens is 7. The van der Waals surface area contributed by atoms with E-state index in [9.17, 15) is 4.79 Å². The van der Waals surface area contributed by atoms with Gasteiger partial charge in [-0.15, -0.1) is 0 Å². The topological polar surface area (TPSA) is 125 Å². The molecule has 2 aliphatic rings. The van der Waals surface area contributed by atoms with Crippen molar-refractivity contribution in [3.8, 4) is 22.9 Å². The molecule has 11 heteroatoms.